The maximum absolute atomic E-state index is 4.70. The molecule has 102 valence electrons. The zero-order valence-electron chi connectivity index (χ0n) is 11.7. The molecule has 3 rings (SSSR count). The summed E-state index contributed by atoms with van der Waals surface area (Å²) in [6.45, 7) is 6.03. The number of nitrogens with one attached hydrogen (secondary N) is 1. The zero-order chi connectivity index (χ0) is 13.9. The molecule has 2 heterocycles. The highest BCUT2D eigenvalue weighted by atomic mass is 32.1. The standard InChI is InChI=1S/C16H17N3S/c1-3-17-10-14-11(2)19-16(20-14)15-13-7-5-4-6-12(13)8-9-18-15/h4-9,17H,3,10H2,1-2H3. The van der Waals surface area contributed by atoms with Gasteiger partial charge >= 0.3 is 0 Å². The van der Waals surface area contributed by atoms with Gasteiger partial charge in [-0.15, -0.1) is 11.3 Å². The van der Waals surface area contributed by atoms with Crippen molar-refractivity contribution in [3.63, 3.8) is 0 Å². The van der Waals surface area contributed by atoms with Gasteiger partial charge in [-0.2, -0.15) is 0 Å². The van der Waals surface area contributed by atoms with E-state index in [1.165, 1.54) is 15.6 Å². The minimum Gasteiger partial charge on any atom is -0.312 e. The maximum Gasteiger partial charge on any atom is 0.143 e. The lowest BCUT2D eigenvalue weighted by atomic mass is 10.1. The van der Waals surface area contributed by atoms with Gasteiger partial charge < -0.3 is 5.32 Å². The molecule has 0 bridgehead atoms. The van der Waals surface area contributed by atoms with Gasteiger partial charge in [0.05, 0.1) is 5.69 Å². The van der Waals surface area contributed by atoms with E-state index in [1.54, 1.807) is 11.3 Å². The number of fused-ring (bicyclic) bond motifs is 1. The molecule has 0 unspecified atom stereocenters. The summed E-state index contributed by atoms with van der Waals surface area (Å²) in [6, 6.07) is 10.4. The lowest BCUT2D eigenvalue weighted by molar-refractivity contribution is 0.731. The first-order chi connectivity index (χ1) is 9.79. The topological polar surface area (TPSA) is 37.8 Å². The highest BCUT2D eigenvalue weighted by molar-refractivity contribution is 7.15. The van der Waals surface area contributed by atoms with E-state index in [-0.39, 0.29) is 0 Å². The summed E-state index contributed by atoms with van der Waals surface area (Å²) in [5, 5.41) is 6.74. The normalized spacial score (nSPS) is 11.1. The highest BCUT2D eigenvalue weighted by Crippen LogP contribution is 2.31. The van der Waals surface area contributed by atoms with Crippen LogP contribution in [-0.2, 0) is 6.54 Å². The Labute approximate surface area is 122 Å². The van der Waals surface area contributed by atoms with E-state index in [0.717, 1.165) is 29.5 Å². The molecule has 3 nitrogen and oxygen atoms in total. The second kappa shape index (κ2) is 5.69. The van der Waals surface area contributed by atoms with Gasteiger partial charge in [-0.3, -0.25) is 4.98 Å². The third-order valence-electron chi connectivity index (χ3n) is 3.30. The molecule has 1 N–H and O–H groups in total. The van der Waals surface area contributed by atoms with Crippen molar-refractivity contribution in [3.8, 4) is 10.7 Å². The lowest BCUT2D eigenvalue weighted by Gasteiger charge is -2.01. The molecule has 0 spiro atoms. The number of nitrogens with zero attached hydrogens (tertiary/aromatic N) is 2. The molecular formula is C16H17N3S. The summed E-state index contributed by atoms with van der Waals surface area (Å²) >= 11 is 1.73. The van der Waals surface area contributed by atoms with Crippen LogP contribution in [0, 0.1) is 6.92 Å². The second-order valence-electron chi connectivity index (χ2n) is 4.69. The van der Waals surface area contributed by atoms with Crippen LogP contribution in [0.1, 0.15) is 17.5 Å². The van der Waals surface area contributed by atoms with E-state index >= 15 is 0 Å². The first-order valence-corrected chi connectivity index (χ1v) is 7.62. The third kappa shape index (κ3) is 2.44. The van der Waals surface area contributed by atoms with Crippen LogP contribution in [0.3, 0.4) is 0 Å². The molecule has 0 aliphatic rings. The van der Waals surface area contributed by atoms with Crippen molar-refractivity contribution in [1.82, 2.24) is 15.3 Å². The van der Waals surface area contributed by atoms with E-state index < -0.39 is 0 Å². The molecule has 4 heteroatoms. The molecule has 0 fully saturated rings. The van der Waals surface area contributed by atoms with E-state index in [4.69, 9.17) is 4.98 Å². The molecule has 0 atom stereocenters. The van der Waals surface area contributed by atoms with E-state index in [0.29, 0.717) is 0 Å². The molecular weight excluding hydrogens is 266 g/mol. The monoisotopic (exact) mass is 283 g/mol. The molecule has 1 aromatic carbocycles. The first kappa shape index (κ1) is 13.2. The van der Waals surface area contributed by atoms with Gasteiger partial charge in [0.15, 0.2) is 0 Å². The number of pyridine rings is 1. The van der Waals surface area contributed by atoms with Crippen molar-refractivity contribution in [2.24, 2.45) is 0 Å². The summed E-state index contributed by atoms with van der Waals surface area (Å²) in [4.78, 5) is 10.5. The molecule has 20 heavy (non-hydrogen) atoms. The summed E-state index contributed by atoms with van der Waals surface area (Å²) in [5.74, 6) is 0. The van der Waals surface area contributed by atoms with Gasteiger partial charge in [-0.05, 0) is 24.9 Å². The Morgan fingerprint density at radius 3 is 2.90 bits per heavy atom. The largest absolute Gasteiger partial charge is 0.312 e. The molecule has 0 aliphatic carbocycles. The van der Waals surface area contributed by atoms with Crippen LogP contribution >= 0.6 is 11.3 Å². The summed E-state index contributed by atoms with van der Waals surface area (Å²) in [5.41, 5.74) is 2.08. The third-order valence-corrected chi connectivity index (χ3v) is 4.47. The van der Waals surface area contributed by atoms with E-state index in [2.05, 4.69) is 42.3 Å². The van der Waals surface area contributed by atoms with Gasteiger partial charge in [-0.25, -0.2) is 4.98 Å². The van der Waals surface area contributed by atoms with E-state index in [1.807, 2.05) is 18.3 Å². The average molecular weight is 283 g/mol. The second-order valence-corrected chi connectivity index (χ2v) is 5.77. The fourth-order valence-electron chi connectivity index (χ4n) is 2.22. The van der Waals surface area contributed by atoms with Crippen LogP contribution < -0.4 is 5.32 Å². The molecule has 2 aromatic heterocycles. The minimum absolute atomic E-state index is 0.880. The number of aryl methyl sites for hydroxylation is 1. The highest BCUT2D eigenvalue weighted by Gasteiger charge is 2.12. The predicted molar refractivity (Wildman–Crippen MR) is 85.0 cm³/mol. The van der Waals surface area contributed by atoms with Crippen LogP contribution in [-0.4, -0.2) is 16.5 Å². The van der Waals surface area contributed by atoms with Crippen LogP contribution in [0.2, 0.25) is 0 Å². The van der Waals surface area contributed by atoms with Crippen LogP contribution in [0.5, 0.6) is 0 Å². The van der Waals surface area contributed by atoms with Gasteiger partial charge in [0, 0.05) is 23.0 Å². The van der Waals surface area contributed by atoms with Gasteiger partial charge in [-0.1, -0.05) is 31.2 Å². The zero-order valence-corrected chi connectivity index (χ0v) is 12.5. The van der Waals surface area contributed by atoms with Crippen LogP contribution in [0.25, 0.3) is 21.5 Å². The Morgan fingerprint density at radius 2 is 2.05 bits per heavy atom. The molecule has 0 saturated heterocycles. The quantitative estimate of drug-likeness (QED) is 0.792. The smallest absolute Gasteiger partial charge is 0.143 e. The first-order valence-electron chi connectivity index (χ1n) is 6.80. The number of hydrogen-bond acceptors (Lipinski definition) is 4. The van der Waals surface area contributed by atoms with E-state index in [9.17, 15) is 0 Å². The maximum atomic E-state index is 4.70. The summed E-state index contributed by atoms with van der Waals surface area (Å²) in [7, 11) is 0. The number of aromatic nitrogens is 2. The average Bonchev–Trinajstić information content (AvgIpc) is 2.85. The van der Waals surface area contributed by atoms with Crippen molar-refractivity contribution in [1.29, 1.82) is 0 Å². The molecule has 0 aliphatic heterocycles. The Bertz CT molecular complexity index is 728. The molecule has 0 saturated carbocycles. The number of thiazole rings is 1. The Kier molecular flexibility index (Phi) is 3.76. The van der Waals surface area contributed by atoms with Crippen molar-refractivity contribution in [2.75, 3.05) is 6.54 Å². The summed E-state index contributed by atoms with van der Waals surface area (Å²) < 4.78 is 0. The van der Waals surface area contributed by atoms with Crippen LogP contribution in [0.4, 0.5) is 0 Å². The molecule has 0 radical (unpaired) electrons. The number of hydrogen-bond donors (Lipinski definition) is 1. The molecule has 0 amide bonds. The van der Waals surface area contributed by atoms with Gasteiger partial charge in [0.2, 0.25) is 0 Å². The Morgan fingerprint density at radius 1 is 1.20 bits per heavy atom. The van der Waals surface area contributed by atoms with Crippen molar-refractivity contribution >= 4 is 22.1 Å². The molecule has 3 aromatic rings. The summed E-state index contributed by atoms with van der Waals surface area (Å²) in [6.07, 6.45) is 1.86. The lowest BCUT2D eigenvalue weighted by Crippen LogP contribution is -2.11. The SMILES string of the molecule is CCNCc1sc(-c2nccc3ccccc23)nc1C. The van der Waals surface area contributed by atoms with Gasteiger partial charge in [0.25, 0.3) is 0 Å². The Hall–Kier alpha value is -1.78. The predicted octanol–water partition coefficient (Wildman–Crippen LogP) is 3.78. The van der Waals surface area contributed by atoms with Crippen molar-refractivity contribution < 1.29 is 0 Å². The van der Waals surface area contributed by atoms with Gasteiger partial charge in [0.1, 0.15) is 10.7 Å². The van der Waals surface area contributed by atoms with Crippen LogP contribution in [0.15, 0.2) is 36.5 Å². The van der Waals surface area contributed by atoms with Crippen molar-refractivity contribution in [2.45, 2.75) is 20.4 Å². The fourth-order valence-corrected chi connectivity index (χ4v) is 3.26. The fraction of sp³-hybridized carbons (Fsp3) is 0.250. The minimum atomic E-state index is 0.880. The number of rotatable bonds is 4. The van der Waals surface area contributed by atoms with Crippen molar-refractivity contribution in [3.05, 3.63) is 47.1 Å². The number of benzene rings is 1. The Balaban J connectivity index is 2.07.